The smallest absolute Gasteiger partial charge is 0.253 e. The highest BCUT2D eigenvalue weighted by Gasteiger charge is 2.77. The van der Waals surface area contributed by atoms with Gasteiger partial charge in [0.25, 0.3) is 5.91 Å². The fourth-order valence-corrected chi connectivity index (χ4v) is 8.16. The molecule has 3 aliphatic heterocycles. The Morgan fingerprint density at radius 2 is 1.98 bits per heavy atom. The number of aliphatic hydroxyl groups is 1. The van der Waals surface area contributed by atoms with Crippen LogP contribution < -0.4 is 4.90 Å². The van der Waals surface area contributed by atoms with Gasteiger partial charge in [0.15, 0.2) is 0 Å². The standard InChI is InChI=1S/C30H39BrClN3O5/c1-6-13-33(14-7-2)27(37)22-23-28(38)35(19(9-4)17-36)26(30(23)16-20(31)25(22)40-30)29(39)34(15-8-3)24-18(5)11-10-12-21(24)32/h6,8,10-12,19-20,22-23,25-26,36H,1,3,7,9,13-17H2,2,4-5H3/t19-,20?,22+,23-,25+,26?,30?/m0/s1. The van der Waals surface area contributed by atoms with Crippen LogP contribution in [0.4, 0.5) is 5.69 Å². The molecule has 3 fully saturated rings. The van der Waals surface area contributed by atoms with Gasteiger partial charge in [-0.15, -0.1) is 13.2 Å². The zero-order valence-electron chi connectivity index (χ0n) is 23.4. The molecule has 1 aromatic rings. The maximum absolute atomic E-state index is 14.7. The second kappa shape index (κ2) is 12.3. The van der Waals surface area contributed by atoms with E-state index in [1.165, 1.54) is 4.90 Å². The Labute approximate surface area is 250 Å². The van der Waals surface area contributed by atoms with Crippen LogP contribution in [0.5, 0.6) is 0 Å². The van der Waals surface area contributed by atoms with Crippen molar-refractivity contribution in [3.05, 3.63) is 54.1 Å². The lowest BCUT2D eigenvalue weighted by molar-refractivity contribution is -0.147. The van der Waals surface area contributed by atoms with Crippen LogP contribution in [0.3, 0.4) is 0 Å². The van der Waals surface area contributed by atoms with Gasteiger partial charge in [-0.2, -0.15) is 0 Å². The molecule has 40 heavy (non-hydrogen) atoms. The molecule has 8 nitrogen and oxygen atoms in total. The Morgan fingerprint density at radius 3 is 2.55 bits per heavy atom. The van der Waals surface area contributed by atoms with Gasteiger partial charge in [-0.1, -0.05) is 65.7 Å². The number of rotatable bonds is 12. The van der Waals surface area contributed by atoms with Crippen LogP contribution in [0.1, 0.15) is 38.7 Å². The molecule has 218 valence electrons. The first-order valence-electron chi connectivity index (χ1n) is 13.9. The van der Waals surface area contributed by atoms with Crippen LogP contribution >= 0.6 is 27.5 Å². The van der Waals surface area contributed by atoms with Gasteiger partial charge in [0.1, 0.15) is 11.6 Å². The summed E-state index contributed by atoms with van der Waals surface area (Å²) in [6.07, 6.45) is 4.29. The van der Waals surface area contributed by atoms with Crippen molar-refractivity contribution < 1.29 is 24.2 Å². The number of alkyl halides is 1. The zero-order valence-corrected chi connectivity index (χ0v) is 25.7. The summed E-state index contributed by atoms with van der Waals surface area (Å²) in [5.41, 5.74) is 0.0925. The van der Waals surface area contributed by atoms with E-state index in [0.29, 0.717) is 36.6 Å². The van der Waals surface area contributed by atoms with Gasteiger partial charge in [-0.05, 0) is 37.8 Å². The molecule has 3 aliphatic rings. The lowest BCUT2D eigenvalue weighted by Gasteiger charge is -2.39. The molecular formula is C30H39BrClN3O5. The number of carbonyl (C=O) groups excluding carboxylic acids is 3. The second-order valence-electron chi connectivity index (χ2n) is 10.9. The van der Waals surface area contributed by atoms with Gasteiger partial charge in [0.05, 0.1) is 41.3 Å². The molecule has 10 heteroatoms. The lowest BCUT2D eigenvalue weighted by Crippen LogP contribution is -2.59. The molecule has 1 aromatic carbocycles. The number of benzene rings is 1. The number of fused-ring (bicyclic) bond motifs is 1. The summed E-state index contributed by atoms with van der Waals surface area (Å²) >= 11 is 10.3. The maximum atomic E-state index is 14.7. The number of likely N-dealkylation sites (tertiary alicyclic amines) is 1. The summed E-state index contributed by atoms with van der Waals surface area (Å²) in [5, 5.41) is 10.7. The third kappa shape index (κ3) is 4.82. The fourth-order valence-electron chi connectivity index (χ4n) is 6.90. The minimum Gasteiger partial charge on any atom is -0.394 e. The van der Waals surface area contributed by atoms with Crippen LogP contribution in [-0.4, -0.2) is 87.5 Å². The van der Waals surface area contributed by atoms with E-state index >= 15 is 0 Å². The molecule has 3 amide bonds. The van der Waals surface area contributed by atoms with Crippen molar-refractivity contribution in [3.8, 4) is 0 Å². The Bertz CT molecular complexity index is 1160. The molecule has 3 unspecified atom stereocenters. The molecule has 0 aliphatic carbocycles. The topological polar surface area (TPSA) is 90.4 Å². The van der Waals surface area contributed by atoms with Gasteiger partial charge in [-0.3, -0.25) is 14.4 Å². The predicted octanol–water partition coefficient (Wildman–Crippen LogP) is 4.11. The average Bonchev–Trinajstić information content (AvgIpc) is 3.51. The number of aliphatic hydroxyl groups excluding tert-OH is 1. The number of para-hydroxylation sites is 1. The summed E-state index contributed by atoms with van der Waals surface area (Å²) in [5.74, 6) is -2.49. The van der Waals surface area contributed by atoms with Crippen molar-refractivity contribution in [2.24, 2.45) is 11.8 Å². The first-order chi connectivity index (χ1) is 19.1. The summed E-state index contributed by atoms with van der Waals surface area (Å²) in [6.45, 7) is 14.1. The van der Waals surface area contributed by atoms with E-state index in [2.05, 4.69) is 29.1 Å². The molecule has 7 atom stereocenters. The minimum absolute atomic E-state index is 0.158. The van der Waals surface area contributed by atoms with Crippen LogP contribution in [0.25, 0.3) is 0 Å². The van der Waals surface area contributed by atoms with Crippen molar-refractivity contribution in [2.75, 3.05) is 31.1 Å². The maximum Gasteiger partial charge on any atom is 0.253 e. The summed E-state index contributed by atoms with van der Waals surface area (Å²) in [6, 6.07) is 3.73. The number of nitrogens with zero attached hydrogens (tertiary/aromatic N) is 3. The SMILES string of the molecule is C=CCN(CCC)C(=O)[C@H]1[C@@H]2OC3(CC2Br)C(C(=O)N(CC=C)c2c(C)cccc2Cl)N([C@@H](CC)CO)C(=O)[C@H]13. The van der Waals surface area contributed by atoms with E-state index in [1.807, 2.05) is 32.9 Å². The minimum atomic E-state index is -1.24. The third-order valence-electron chi connectivity index (χ3n) is 8.51. The van der Waals surface area contributed by atoms with Crippen LogP contribution in [0.2, 0.25) is 5.02 Å². The molecule has 0 aromatic heterocycles. The highest BCUT2D eigenvalue weighted by Crippen LogP contribution is 2.61. The van der Waals surface area contributed by atoms with Crippen molar-refractivity contribution in [1.29, 1.82) is 0 Å². The Morgan fingerprint density at radius 1 is 1.27 bits per heavy atom. The van der Waals surface area contributed by atoms with E-state index in [4.69, 9.17) is 16.3 Å². The number of halogens is 2. The van der Waals surface area contributed by atoms with E-state index in [-0.39, 0.29) is 35.7 Å². The third-order valence-corrected chi connectivity index (χ3v) is 9.66. The monoisotopic (exact) mass is 635 g/mol. The zero-order chi connectivity index (χ0) is 29.4. The van der Waals surface area contributed by atoms with Gasteiger partial charge in [0.2, 0.25) is 11.8 Å². The summed E-state index contributed by atoms with van der Waals surface area (Å²) < 4.78 is 6.66. The first-order valence-corrected chi connectivity index (χ1v) is 15.2. The number of hydrogen-bond acceptors (Lipinski definition) is 5. The second-order valence-corrected chi connectivity index (χ2v) is 12.5. The normalized spacial score (nSPS) is 29.3. The highest BCUT2D eigenvalue weighted by atomic mass is 79.9. The van der Waals surface area contributed by atoms with E-state index in [0.717, 1.165) is 12.0 Å². The average molecular weight is 637 g/mol. The van der Waals surface area contributed by atoms with E-state index in [1.54, 1.807) is 28.0 Å². The molecule has 1 N–H and O–H groups in total. The van der Waals surface area contributed by atoms with Crippen molar-refractivity contribution in [3.63, 3.8) is 0 Å². The van der Waals surface area contributed by atoms with Crippen LogP contribution in [-0.2, 0) is 19.1 Å². The predicted molar refractivity (Wildman–Crippen MR) is 160 cm³/mol. The number of anilines is 1. The van der Waals surface area contributed by atoms with E-state index in [9.17, 15) is 19.5 Å². The van der Waals surface area contributed by atoms with Gasteiger partial charge in [0, 0.05) is 24.5 Å². The lowest BCUT2D eigenvalue weighted by atomic mass is 9.70. The number of hydrogen-bond donors (Lipinski definition) is 1. The summed E-state index contributed by atoms with van der Waals surface area (Å²) in [7, 11) is 0. The molecular weight excluding hydrogens is 598 g/mol. The van der Waals surface area contributed by atoms with Gasteiger partial charge >= 0.3 is 0 Å². The quantitative estimate of drug-likeness (QED) is 0.276. The Kier molecular flexibility index (Phi) is 9.49. The Hall–Kier alpha value is -2.20. The number of carbonyl (C=O) groups is 3. The van der Waals surface area contributed by atoms with Crippen molar-refractivity contribution in [2.45, 2.75) is 68.6 Å². The first kappa shape index (κ1) is 30.8. The highest BCUT2D eigenvalue weighted by molar-refractivity contribution is 9.09. The Balaban J connectivity index is 1.86. The number of ether oxygens (including phenoxy) is 1. The summed E-state index contributed by atoms with van der Waals surface area (Å²) in [4.78, 5) is 47.6. The van der Waals surface area contributed by atoms with Crippen LogP contribution in [0, 0.1) is 18.8 Å². The molecule has 0 radical (unpaired) electrons. The van der Waals surface area contributed by atoms with Crippen molar-refractivity contribution in [1.82, 2.24) is 9.80 Å². The van der Waals surface area contributed by atoms with Gasteiger partial charge < -0.3 is 24.5 Å². The molecule has 3 saturated heterocycles. The number of aryl methyl sites for hydroxylation is 1. The molecule has 4 rings (SSSR count). The molecule has 2 bridgehead atoms. The largest absolute Gasteiger partial charge is 0.394 e. The van der Waals surface area contributed by atoms with Crippen LogP contribution in [0.15, 0.2) is 43.5 Å². The van der Waals surface area contributed by atoms with E-state index < -0.39 is 35.6 Å². The fraction of sp³-hybridized carbons (Fsp3) is 0.567. The van der Waals surface area contributed by atoms with Gasteiger partial charge in [-0.25, -0.2) is 0 Å². The molecule has 3 heterocycles. The molecule has 0 saturated carbocycles. The van der Waals surface area contributed by atoms with Crippen molar-refractivity contribution >= 4 is 50.9 Å². The molecule has 1 spiro atoms. The number of amides is 3.